The molecule has 2 rings (SSSR count). The fraction of sp³-hybridized carbons (Fsp3) is 0.867. The second-order valence-electron chi connectivity index (χ2n) is 5.54. The second-order valence-corrected chi connectivity index (χ2v) is 5.54. The Morgan fingerprint density at radius 1 is 1.13 bits per heavy atom. The van der Waals surface area contributed by atoms with Gasteiger partial charge in [0, 0.05) is 0 Å². The molecule has 15 heavy (non-hydrogen) atoms. The summed E-state index contributed by atoms with van der Waals surface area (Å²) in [5.74, 6) is 2.00. The lowest BCUT2D eigenvalue weighted by Crippen LogP contribution is -2.14. The van der Waals surface area contributed by atoms with Crippen molar-refractivity contribution in [1.29, 1.82) is 0 Å². The molecule has 2 aliphatic rings. The van der Waals surface area contributed by atoms with Gasteiger partial charge in [-0.1, -0.05) is 50.7 Å². The highest BCUT2D eigenvalue weighted by molar-refractivity contribution is 5.11. The topological polar surface area (TPSA) is 0 Å². The van der Waals surface area contributed by atoms with Crippen LogP contribution in [0.5, 0.6) is 0 Å². The predicted octanol–water partition coefficient (Wildman–Crippen LogP) is 5.09. The Morgan fingerprint density at radius 3 is 2.53 bits per heavy atom. The predicted molar refractivity (Wildman–Crippen MR) is 66.9 cm³/mol. The number of rotatable bonds is 3. The average Bonchev–Trinajstić information content (AvgIpc) is 2.32. The van der Waals surface area contributed by atoms with E-state index in [4.69, 9.17) is 0 Å². The molecule has 0 heterocycles. The van der Waals surface area contributed by atoms with Gasteiger partial charge in [0.15, 0.2) is 0 Å². The summed E-state index contributed by atoms with van der Waals surface area (Å²) >= 11 is 0. The highest BCUT2D eigenvalue weighted by Gasteiger charge is 2.21. The Kier molecular flexibility index (Phi) is 4.29. The van der Waals surface area contributed by atoms with Gasteiger partial charge in [-0.15, -0.1) is 0 Å². The third-order valence-electron chi connectivity index (χ3n) is 4.38. The van der Waals surface area contributed by atoms with Crippen LogP contribution in [0.4, 0.5) is 0 Å². The van der Waals surface area contributed by atoms with Crippen molar-refractivity contribution in [3.05, 3.63) is 11.6 Å². The second kappa shape index (κ2) is 5.72. The molecule has 0 bridgehead atoms. The van der Waals surface area contributed by atoms with E-state index in [-0.39, 0.29) is 0 Å². The van der Waals surface area contributed by atoms with Gasteiger partial charge in [0.05, 0.1) is 0 Å². The lowest BCUT2D eigenvalue weighted by Gasteiger charge is -2.29. The van der Waals surface area contributed by atoms with Gasteiger partial charge in [0.25, 0.3) is 0 Å². The molecule has 0 saturated heterocycles. The summed E-state index contributed by atoms with van der Waals surface area (Å²) in [6, 6.07) is 0. The maximum absolute atomic E-state index is 2.61. The van der Waals surface area contributed by atoms with Crippen LogP contribution in [-0.4, -0.2) is 0 Å². The first kappa shape index (κ1) is 11.2. The van der Waals surface area contributed by atoms with E-state index >= 15 is 0 Å². The molecular weight excluding hydrogens is 180 g/mol. The minimum Gasteiger partial charge on any atom is -0.0848 e. The first-order valence-electron chi connectivity index (χ1n) is 7.09. The minimum atomic E-state index is 0.987. The fourth-order valence-electron chi connectivity index (χ4n) is 3.42. The highest BCUT2D eigenvalue weighted by Crippen LogP contribution is 2.37. The highest BCUT2D eigenvalue weighted by atomic mass is 14.3. The first-order valence-corrected chi connectivity index (χ1v) is 7.09. The molecular formula is C15H26. The maximum Gasteiger partial charge on any atom is -0.0203 e. The third kappa shape index (κ3) is 3.09. The van der Waals surface area contributed by atoms with Crippen molar-refractivity contribution in [2.24, 2.45) is 11.8 Å². The maximum atomic E-state index is 2.61. The van der Waals surface area contributed by atoms with Gasteiger partial charge in [-0.05, 0) is 43.9 Å². The molecule has 2 aliphatic carbocycles. The van der Waals surface area contributed by atoms with Crippen LogP contribution in [0.1, 0.15) is 71.1 Å². The smallest absolute Gasteiger partial charge is 0.0203 e. The van der Waals surface area contributed by atoms with Crippen LogP contribution in [0.2, 0.25) is 0 Å². The van der Waals surface area contributed by atoms with Gasteiger partial charge < -0.3 is 0 Å². The zero-order chi connectivity index (χ0) is 10.5. The molecule has 1 unspecified atom stereocenters. The van der Waals surface area contributed by atoms with Crippen LogP contribution in [0, 0.1) is 11.8 Å². The fourth-order valence-corrected chi connectivity index (χ4v) is 3.42. The van der Waals surface area contributed by atoms with E-state index in [1.54, 1.807) is 0 Å². The number of hydrogen-bond acceptors (Lipinski definition) is 0. The number of hydrogen-bond donors (Lipinski definition) is 0. The Bertz CT molecular complexity index is 208. The van der Waals surface area contributed by atoms with Crippen molar-refractivity contribution in [2.75, 3.05) is 0 Å². The van der Waals surface area contributed by atoms with Gasteiger partial charge in [-0.25, -0.2) is 0 Å². The van der Waals surface area contributed by atoms with E-state index in [9.17, 15) is 0 Å². The molecule has 1 atom stereocenters. The molecule has 1 saturated carbocycles. The summed E-state index contributed by atoms with van der Waals surface area (Å²) in [5.41, 5.74) is 1.84. The molecule has 0 heteroatoms. The molecule has 86 valence electrons. The van der Waals surface area contributed by atoms with Crippen molar-refractivity contribution in [1.82, 2.24) is 0 Å². The van der Waals surface area contributed by atoms with Gasteiger partial charge in [-0.3, -0.25) is 0 Å². The Balaban J connectivity index is 1.83. The summed E-state index contributed by atoms with van der Waals surface area (Å²) in [6.07, 6.45) is 17.2. The van der Waals surface area contributed by atoms with Crippen molar-refractivity contribution in [3.8, 4) is 0 Å². The van der Waals surface area contributed by atoms with Crippen molar-refractivity contribution in [2.45, 2.75) is 71.1 Å². The zero-order valence-corrected chi connectivity index (χ0v) is 10.3. The van der Waals surface area contributed by atoms with Crippen LogP contribution in [0.25, 0.3) is 0 Å². The van der Waals surface area contributed by atoms with E-state index in [2.05, 4.69) is 13.0 Å². The number of allylic oxidation sites excluding steroid dienone is 2. The molecule has 0 aromatic rings. The van der Waals surface area contributed by atoms with Gasteiger partial charge in [-0.2, -0.15) is 0 Å². The Hall–Kier alpha value is -0.260. The summed E-state index contributed by atoms with van der Waals surface area (Å²) in [6.45, 7) is 2.32. The van der Waals surface area contributed by atoms with E-state index in [0.29, 0.717) is 0 Å². The van der Waals surface area contributed by atoms with E-state index < -0.39 is 0 Å². The molecule has 1 fully saturated rings. The van der Waals surface area contributed by atoms with Gasteiger partial charge in [0.1, 0.15) is 0 Å². The molecule has 0 spiro atoms. The van der Waals surface area contributed by atoms with Crippen molar-refractivity contribution < 1.29 is 0 Å². The Labute approximate surface area is 95.1 Å². The van der Waals surface area contributed by atoms with Crippen molar-refractivity contribution >= 4 is 0 Å². The zero-order valence-electron chi connectivity index (χ0n) is 10.3. The molecule has 0 aromatic heterocycles. The summed E-state index contributed by atoms with van der Waals surface area (Å²) in [5, 5.41) is 0. The van der Waals surface area contributed by atoms with Gasteiger partial charge >= 0.3 is 0 Å². The van der Waals surface area contributed by atoms with Crippen LogP contribution in [0.3, 0.4) is 0 Å². The van der Waals surface area contributed by atoms with Crippen LogP contribution < -0.4 is 0 Å². The van der Waals surface area contributed by atoms with E-state index in [0.717, 1.165) is 11.8 Å². The van der Waals surface area contributed by atoms with Crippen LogP contribution in [-0.2, 0) is 0 Å². The molecule has 0 nitrogen and oxygen atoms in total. The summed E-state index contributed by atoms with van der Waals surface area (Å²) in [4.78, 5) is 0. The molecule has 0 aromatic carbocycles. The quantitative estimate of drug-likeness (QED) is 0.564. The molecule has 0 aliphatic heterocycles. The van der Waals surface area contributed by atoms with Crippen molar-refractivity contribution in [3.63, 3.8) is 0 Å². The lowest BCUT2D eigenvalue weighted by molar-refractivity contribution is 0.361. The summed E-state index contributed by atoms with van der Waals surface area (Å²) in [7, 11) is 0. The van der Waals surface area contributed by atoms with E-state index in [1.165, 1.54) is 64.2 Å². The largest absolute Gasteiger partial charge is 0.0848 e. The first-order chi connectivity index (χ1) is 7.40. The third-order valence-corrected chi connectivity index (χ3v) is 4.38. The SMILES string of the molecule is CCCC1CC=C(C2CCCCC2)CC1. The summed E-state index contributed by atoms with van der Waals surface area (Å²) < 4.78 is 0. The van der Waals surface area contributed by atoms with Gasteiger partial charge in [0.2, 0.25) is 0 Å². The minimum absolute atomic E-state index is 0.987. The normalized spacial score (nSPS) is 28.9. The molecule has 0 amide bonds. The van der Waals surface area contributed by atoms with Crippen LogP contribution >= 0.6 is 0 Å². The Morgan fingerprint density at radius 2 is 1.93 bits per heavy atom. The van der Waals surface area contributed by atoms with E-state index in [1.807, 2.05) is 5.57 Å². The average molecular weight is 206 g/mol. The molecule has 0 radical (unpaired) electrons. The standard InChI is InChI=1S/C15H26/c1-2-6-13-9-11-15(12-10-13)14-7-4-3-5-8-14/h11,13-14H,2-10,12H2,1H3. The monoisotopic (exact) mass is 206 g/mol. The van der Waals surface area contributed by atoms with Crippen LogP contribution in [0.15, 0.2) is 11.6 Å². The molecule has 0 N–H and O–H groups in total. The lowest BCUT2D eigenvalue weighted by atomic mass is 9.77.